The maximum absolute atomic E-state index is 12.4. The lowest BCUT2D eigenvalue weighted by Crippen LogP contribution is -2.28. The van der Waals surface area contributed by atoms with Gasteiger partial charge in [-0.15, -0.1) is 0 Å². The van der Waals surface area contributed by atoms with Crippen LogP contribution in [0.2, 0.25) is 5.15 Å². The van der Waals surface area contributed by atoms with Gasteiger partial charge >= 0.3 is 6.18 Å². The van der Waals surface area contributed by atoms with E-state index >= 15 is 0 Å². The fraction of sp³-hybridized carbons (Fsp3) is 0.312. The van der Waals surface area contributed by atoms with E-state index in [2.05, 4.69) is 16.7 Å². The Bertz CT molecular complexity index is 780. The zero-order valence-corrected chi connectivity index (χ0v) is 15.4. The van der Waals surface area contributed by atoms with E-state index < -0.39 is 18.5 Å². The van der Waals surface area contributed by atoms with E-state index in [1.807, 2.05) is 0 Å². The van der Waals surface area contributed by atoms with Gasteiger partial charge in [0.25, 0.3) is 5.91 Å². The predicted octanol–water partition coefficient (Wildman–Crippen LogP) is 4.13. The van der Waals surface area contributed by atoms with E-state index in [1.165, 1.54) is 16.6 Å². The summed E-state index contributed by atoms with van der Waals surface area (Å²) >= 11 is 7.12. The van der Waals surface area contributed by atoms with Gasteiger partial charge in [-0.05, 0) is 12.1 Å². The van der Waals surface area contributed by atoms with Gasteiger partial charge < -0.3 is 4.90 Å². The number of aromatic nitrogens is 3. The van der Waals surface area contributed by atoms with Gasteiger partial charge in [0.05, 0.1) is 24.5 Å². The van der Waals surface area contributed by atoms with Gasteiger partial charge in [-0.25, -0.2) is 4.68 Å². The predicted molar refractivity (Wildman–Crippen MR) is 96.9 cm³/mol. The third-order valence-corrected chi connectivity index (χ3v) is 4.65. The number of carbonyl (C=O) groups is 1. The minimum absolute atomic E-state index is 0.105. The Hall–Kier alpha value is -2.00. The molecular weight excluding hydrogens is 389 g/mol. The molecule has 0 aliphatic rings. The first-order chi connectivity index (χ1) is 12.2. The second-order valence-corrected chi connectivity index (χ2v) is 6.81. The molecule has 26 heavy (non-hydrogen) atoms. The van der Waals surface area contributed by atoms with E-state index in [0.717, 1.165) is 11.8 Å². The van der Waals surface area contributed by atoms with Gasteiger partial charge in [0.2, 0.25) is 0 Å². The zero-order valence-electron chi connectivity index (χ0n) is 13.8. The van der Waals surface area contributed by atoms with Crippen LogP contribution in [-0.4, -0.2) is 45.4 Å². The maximum Gasteiger partial charge on any atom is 0.389 e. The van der Waals surface area contributed by atoms with Crippen molar-refractivity contribution < 1.29 is 18.0 Å². The molecule has 2 aromatic heterocycles. The molecule has 0 bridgehead atoms. The summed E-state index contributed by atoms with van der Waals surface area (Å²) in [6.45, 7) is 3.66. The molecule has 1 amide bonds. The number of hydrogen-bond acceptors (Lipinski definition) is 4. The van der Waals surface area contributed by atoms with E-state index in [9.17, 15) is 18.0 Å². The van der Waals surface area contributed by atoms with Crippen molar-refractivity contribution in [1.82, 2.24) is 14.8 Å². The third kappa shape index (κ3) is 5.50. The standard InChI is InChI=1S/C16H16ClF3N4OS/c1-11(10-26-7-5-16(18,19)20)15(25)23(2)13-9-24(22-14(13)17)12-4-3-6-21-8-12/h3-4,6,8-9H,1,5,7,10H2,2H3. The van der Waals surface area contributed by atoms with E-state index in [0.29, 0.717) is 11.4 Å². The number of alkyl halides is 3. The van der Waals surface area contributed by atoms with Crippen molar-refractivity contribution in [1.29, 1.82) is 0 Å². The normalized spacial score (nSPS) is 11.4. The van der Waals surface area contributed by atoms with E-state index in [1.54, 1.807) is 30.7 Å². The van der Waals surface area contributed by atoms with Gasteiger partial charge in [-0.3, -0.25) is 9.78 Å². The van der Waals surface area contributed by atoms with E-state index in [-0.39, 0.29) is 22.2 Å². The Morgan fingerprint density at radius 2 is 2.19 bits per heavy atom. The van der Waals surface area contributed by atoms with Gasteiger partial charge in [0, 0.05) is 30.3 Å². The summed E-state index contributed by atoms with van der Waals surface area (Å²) in [6, 6.07) is 3.51. The van der Waals surface area contributed by atoms with Crippen molar-refractivity contribution in [3.8, 4) is 5.69 Å². The average Bonchev–Trinajstić information content (AvgIpc) is 2.99. The van der Waals surface area contributed by atoms with Crippen LogP contribution in [0.5, 0.6) is 0 Å². The number of amides is 1. The van der Waals surface area contributed by atoms with Crippen molar-refractivity contribution in [3.05, 3.63) is 48.0 Å². The molecule has 0 aliphatic carbocycles. The van der Waals surface area contributed by atoms with Gasteiger partial charge in [-0.2, -0.15) is 30.0 Å². The molecule has 0 aliphatic heterocycles. The summed E-state index contributed by atoms with van der Waals surface area (Å²) in [5, 5.41) is 4.25. The second-order valence-electron chi connectivity index (χ2n) is 5.35. The summed E-state index contributed by atoms with van der Waals surface area (Å²) in [7, 11) is 1.50. The van der Waals surface area contributed by atoms with E-state index in [4.69, 9.17) is 11.6 Å². The molecule has 0 atom stereocenters. The number of pyridine rings is 1. The molecular formula is C16H16ClF3N4OS. The van der Waals surface area contributed by atoms with Gasteiger partial charge in [0.1, 0.15) is 5.69 Å². The highest BCUT2D eigenvalue weighted by Gasteiger charge is 2.26. The Labute approximate surface area is 157 Å². The zero-order chi connectivity index (χ0) is 19.3. The molecule has 2 aromatic rings. The molecule has 0 saturated heterocycles. The molecule has 10 heteroatoms. The van der Waals surface area contributed by atoms with Crippen LogP contribution in [0, 0.1) is 0 Å². The molecule has 2 heterocycles. The number of rotatable bonds is 7. The van der Waals surface area contributed by atoms with Crippen LogP contribution >= 0.6 is 23.4 Å². The molecule has 0 unspecified atom stereocenters. The number of thioether (sulfide) groups is 1. The Morgan fingerprint density at radius 1 is 1.46 bits per heavy atom. The molecule has 140 valence electrons. The number of anilines is 1. The quantitative estimate of drug-likeness (QED) is 0.514. The van der Waals surface area contributed by atoms with Crippen molar-refractivity contribution in [3.63, 3.8) is 0 Å². The lowest BCUT2D eigenvalue weighted by molar-refractivity contribution is -0.129. The molecule has 2 rings (SSSR count). The topological polar surface area (TPSA) is 51.0 Å². The van der Waals surface area contributed by atoms with Crippen molar-refractivity contribution in [2.45, 2.75) is 12.6 Å². The highest BCUT2D eigenvalue weighted by molar-refractivity contribution is 7.99. The number of carbonyl (C=O) groups excluding carboxylic acids is 1. The molecule has 0 saturated carbocycles. The van der Waals surface area contributed by atoms with Crippen molar-refractivity contribution in [2.24, 2.45) is 0 Å². The monoisotopic (exact) mass is 404 g/mol. The number of likely N-dealkylation sites (N-methyl/N-ethyl adjacent to an activating group) is 1. The molecule has 0 fully saturated rings. The summed E-state index contributed by atoms with van der Waals surface area (Å²) in [4.78, 5) is 17.7. The van der Waals surface area contributed by atoms with Crippen LogP contribution in [0.4, 0.5) is 18.9 Å². The molecule has 0 aromatic carbocycles. The van der Waals surface area contributed by atoms with Gasteiger partial charge in [0.15, 0.2) is 5.15 Å². The average molecular weight is 405 g/mol. The number of nitrogens with zero attached hydrogens (tertiary/aromatic N) is 4. The van der Waals surface area contributed by atoms with Crippen LogP contribution in [0.1, 0.15) is 6.42 Å². The van der Waals surface area contributed by atoms with Crippen molar-refractivity contribution in [2.75, 3.05) is 23.5 Å². The highest BCUT2D eigenvalue weighted by Crippen LogP contribution is 2.27. The fourth-order valence-electron chi connectivity index (χ4n) is 1.98. The van der Waals surface area contributed by atoms with Gasteiger partial charge in [-0.1, -0.05) is 18.2 Å². The lowest BCUT2D eigenvalue weighted by Gasteiger charge is -2.17. The first-order valence-electron chi connectivity index (χ1n) is 7.45. The summed E-state index contributed by atoms with van der Waals surface area (Å²) in [6.07, 6.45) is -0.333. The number of hydrogen-bond donors (Lipinski definition) is 0. The second kappa shape index (κ2) is 8.59. The SMILES string of the molecule is C=C(CSCCC(F)(F)F)C(=O)N(C)c1cn(-c2cccnc2)nc1Cl. The van der Waals surface area contributed by atoms with Crippen LogP contribution < -0.4 is 4.90 Å². The smallest absolute Gasteiger partial charge is 0.307 e. The summed E-state index contributed by atoms with van der Waals surface area (Å²) in [5.41, 5.74) is 1.22. The third-order valence-electron chi connectivity index (χ3n) is 3.34. The molecule has 0 N–H and O–H groups in total. The van der Waals surface area contributed by atoms with Crippen LogP contribution in [0.25, 0.3) is 5.69 Å². The minimum atomic E-state index is -4.20. The Morgan fingerprint density at radius 3 is 2.81 bits per heavy atom. The van der Waals surface area contributed by atoms with Crippen molar-refractivity contribution >= 4 is 35.0 Å². The van der Waals surface area contributed by atoms with Crippen LogP contribution in [0.3, 0.4) is 0 Å². The fourth-order valence-corrected chi connectivity index (χ4v) is 3.13. The Balaban J connectivity index is 1.99. The largest absolute Gasteiger partial charge is 0.389 e. The summed E-state index contributed by atoms with van der Waals surface area (Å²) in [5.74, 6) is -0.454. The highest BCUT2D eigenvalue weighted by atomic mass is 35.5. The number of halogens is 4. The minimum Gasteiger partial charge on any atom is -0.307 e. The molecule has 5 nitrogen and oxygen atoms in total. The summed E-state index contributed by atoms with van der Waals surface area (Å²) < 4.78 is 37.9. The molecule has 0 spiro atoms. The van der Waals surface area contributed by atoms with Crippen LogP contribution in [0.15, 0.2) is 42.9 Å². The lowest BCUT2D eigenvalue weighted by atomic mass is 10.3. The first-order valence-corrected chi connectivity index (χ1v) is 8.98. The maximum atomic E-state index is 12.4. The first kappa shape index (κ1) is 20.3. The Kier molecular flexibility index (Phi) is 6.71. The molecule has 0 radical (unpaired) electrons. The van der Waals surface area contributed by atoms with Crippen LogP contribution in [-0.2, 0) is 4.79 Å².